The van der Waals surface area contributed by atoms with Gasteiger partial charge in [0.05, 0.1) is 11.3 Å². The molecule has 0 heterocycles. The molecule has 0 aliphatic heterocycles. The fourth-order valence-corrected chi connectivity index (χ4v) is 2.12. The second-order valence-electron chi connectivity index (χ2n) is 5.03. The summed E-state index contributed by atoms with van der Waals surface area (Å²) in [5, 5.41) is 12.4. The van der Waals surface area contributed by atoms with Crippen LogP contribution in [-0.4, -0.2) is 6.54 Å². The van der Waals surface area contributed by atoms with Gasteiger partial charge in [-0.25, -0.2) is 0 Å². The van der Waals surface area contributed by atoms with Crippen molar-refractivity contribution in [2.24, 2.45) is 11.3 Å². The van der Waals surface area contributed by atoms with Gasteiger partial charge >= 0.3 is 0 Å². The van der Waals surface area contributed by atoms with Gasteiger partial charge in [-0.1, -0.05) is 26.0 Å². The molecule has 1 aliphatic carbocycles. The molecule has 0 atom stereocenters. The van der Waals surface area contributed by atoms with Gasteiger partial charge in [0, 0.05) is 6.54 Å². The third-order valence-corrected chi connectivity index (χ3v) is 3.80. The first-order valence-electron chi connectivity index (χ1n) is 5.91. The minimum absolute atomic E-state index is 0.475. The summed E-state index contributed by atoms with van der Waals surface area (Å²) >= 11 is 0. The minimum Gasteiger partial charge on any atom is -0.383 e. The molecule has 2 rings (SSSR count). The lowest BCUT2D eigenvalue weighted by Crippen LogP contribution is -2.21. The molecule has 84 valence electrons. The summed E-state index contributed by atoms with van der Waals surface area (Å²) in [7, 11) is 0. The molecule has 1 aromatic rings. The number of hydrogen-bond acceptors (Lipinski definition) is 2. The third kappa shape index (κ3) is 2.04. The van der Waals surface area contributed by atoms with Gasteiger partial charge in [0.15, 0.2) is 0 Å². The summed E-state index contributed by atoms with van der Waals surface area (Å²) in [6.45, 7) is 5.55. The van der Waals surface area contributed by atoms with Crippen molar-refractivity contribution >= 4 is 5.69 Å². The van der Waals surface area contributed by atoms with Crippen molar-refractivity contribution in [1.29, 1.82) is 5.26 Å². The van der Waals surface area contributed by atoms with Gasteiger partial charge in [-0.15, -0.1) is 0 Å². The average molecular weight is 214 g/mol. The van der Waals surface area contributed by atoms with Crippen molar-refractivity contribution in [3.8, 4) is 6.07 Å². The molecule has 16 heavy (non-hydrogen) atoms. The normalized spacial score (nSPS) is 16.9. The SMILES string of the molecule is CC(C)C1(CNc2ccccc2C#N)CC1. The van der Waals surface area contributed by atoms with E-state index in [1.165, 1.54) is 12.8 Å². The zero-order chi connectivity index (χ0) is 11.6. The minimum atomic E-state index is 0.475. The lowest BCUT2D eigenvalue weighted by molar-refractivity contribution is 0.380. The third-order valence-electron chi connectivity index (χ3n) is 3.80. The summed E-state index contributed by atoms with van der Waals surface area (Å²) in [6, 6.07) is 9.93. The standard InChI is InChI=1S/C14H18N2/c1-11(2)14(7-8-14)10-16-13-6-4-3-5-12(13)9-15/h3-6,11,16H,7-8,10H2,1-2H3. The predicted molar refractivity (Wildman–Crippen MR) is 66.2 cm³/mol. The van der Waals surface area contributed by atoms with Crippen LogP contribution >= 0.6 is 0 Å². The molecule has 2 heteroatoms. The van der Waals surface area contributed by atoms with E-state index in [9.17, 15) is 0 Å². The molecule has 0 amide bonds. The fraction of sp³-hybridized carbons (Fsp3) is 0.500. The highest BCUT2D eigenvalue weighted by atomic mass is 14.9. The molecule has 0 bridgehead atoms. The Morgan fingerprint density at radius 3 is 2.62 bits per heavy atom. The van der Waals surface area contributed by atoms with E-state index in [1.54, 1.807) is 0 Å². The lowest BCUT2D eigenvalue weighted by Gasteiger charge is -2.21. The molecule has 0 radical (unpaired) electrons. The Hall–Kier alpha value is -1.49. The van der Waals surface area contributed by atoms with Gasteiger partial charge in [0.1, 0.15) is 6.07 Å². The first-order chi connectivity index (χ1) is 7.68. The number of hydrogen-bond donors (Lipinski definition) is 1. The van der Waals surface area contributed by atoms with E-state index in [2.05, 4.69) is 25.2 Å². The van der Waals surface area contributed by atoms with Gasteiger partial charge in [-0.2, -0.15) is 5.26 Å². The van der Waals surface area contributed by atoms with Gasteiger partial charge in [-0.05, 0) is 36.3 Å². The van der Waals surface area contributed by atoms with Gasteiger partial charge in [0.2, 0.25) is 0 Å². The average Bonchev–Trinajstić information content (AvgIpc) is 3.08. The molecule has 1 N–H and O–H groups in total. The topological polar surface area (TPSA) is 35.8 Å². The van der Waals surface area contributed by atoms with Crippen LogP contribution in [0.5, 0.6) is 0 Å². The van der Waals surface area contributed by atoms with Crippen molar-refractivity contribution in [2.75, 3.05) is 11.9 Å². The molecule has 0 aromatic heterocycles. The van der Waals surface area contributed by atoms with E-state index < -0.39 is 0 Å². The molecule has 0 saturated heterocycles. The Labute approximate surface area is 97.3 Å². The van der Waals surface area contributed by atoms with Gasteiger partial charge in [0.25, 0.3) is 0 Å². The quantitative estimate of drug-likeness (QED) is 0.833. The van der Waals surface area contributed by atoms with E-state index in [-0.39, 0.29) is 0 Å². The molecule has 0 unspecified atom stereocenters. The molecule has 0 spiro atoms. The molecule has 1 aromatic carbocycles. The van der Waals surface area contributed by atoms with Crippen molar-refractivity contribution in [3.63, 3.8) is 0 Å². The number of anilines is 1. The highest BCUT2D eigenvalue weighted by molar-refractivity contribution is 5.57. The maximum atomic E-state index is 8.98. The highest BCUT2D eigenvalue weighted by Crippen LogP contribution is 2.51. The molecular formula is C14H18N2. The predicted octanol–water partition coefficient (Wildman–Crippen LogP) is 3.41. The van der Waals surface area contributed by atoms with Crippen LogP contribution in [0.2, 0.25) is 0 Å². The second-order valence-corrected chi connectivity index (χ2v) is 5.03. The van der Waals surface area contributed by atoms with E-state index in [0.717, 1.165) is 17.8 Å². The summed E-state index contributed by atoms with van der Waals surface area (Å²) in [5.41, 5.74) is 2.18. The molecular weight excluding hydrogens is 196 g/mol. The van der Waals surface area contributed by atoms with E-state index in [1.807, 2.05) is 24.3 Å². The smallest absolute Gasteiger partial charge is 0.101 e. The molecule has 1 fully saturated rings. The number of para-hydroxylation sites is 1. The highest BCUT2D eigenvalue weighted by Gasteiger charge is 2.44. The number of nitrogens with one attached hydrogen (secondary N) is 1. The number of nitrogens with zero attached hydrogens (tertiary/aromatic N) is 1. The van der Waals surface area contributed by atoms with Gasteiger partial charge in [-0.3, -0.25) is 0 Å². The zero-order valence-electron chi connectivity index (χ0n) is 9.96. The van der Waals surface area contributed by atoms with Crippen LogP contribution in [-0.2, 0) is 0 Å². The summed E-state index contributed by atoms with van der Waals surface area (Å²) < 4.78 is 0. The summed E-state index contributed by atoms with van der Waals surface area (Å²) in [5.74, 6) is 0.717. The van der Waals surface area contributed by atoms with Crippen LogP contribution in [0.15, 0.2) is 24.3 Å². The maximum Gasteiger partial charge on any atom is 0.101 e. The fourth-order valence-electron chi connectivity index (χ4n) is 2.12. The van der Waals surface area contributed by atoms with Crippen molar-refractivity contribution < 1.29 is 0 Å². The second kappa shape index (κ2) is 4.17. The largest absolute Gasteiger partial charge is 0.383 e. The Kier molecular flexibility index (Phi) is 2.87. The Morgan fingerprint density at radius 2 is 2.06 bits per heavy atom. The number of rotatable bonds is 4. The zero-order valence-corrected chi connectivity index (χ0v) is 9.96. The van der Waals surface area contributed by atoms with Crippen LogP contribution in [0.3, 0.4) is 0 Å². The molecule has 1 aliphatic rings. The van der Waals surface area contributed by atoms with Crippen LogP contribution in [0, 0.1) is 22.7 Å². The first kappa shape index (κ1) is 11.0. The van der Waals surface area contributed by atoms with Crippen molar-refractivity contribution in [3.05, 3.63) is 29.8 Å². The number of benzene rings is 1. The molecule has 2 nitrogen and oxygen atoms in total. The Balaban J connectivity index is 2.03. The van der Waals surface area contributed by atoms with E-state index in [4.69, 9.17) is 5.26 Å². The molecule has 1 saturated carbocycles. The number of nitriles is 1. The summed E-state index contributed by atoms with van der Waals surface area (Å²) in [6.07, 6.45) is 2.62. The van der Waals surface area contributed by atoms with Crippen LogP contribution in [0.4, 0.5) is 5.69 Å². The lowest BCUT2D eigenvalue weighted by atomic mass is 9.92. The van der Waals surface area contributed by atoms with Crippen LogP contribution in [0.1, 0.15) is 32.3 Å². The van der Waals surface area contributed by atoms with Crippen molar-refractivity contribution in [2.45, 2.75) is 26.7 Å². The Morgan fingerprint density at radius 1 is 1.38 bits per heavy atom. The van der Waals surface area contributed by atoms with Crippen LogP contribution < -0.4 is 5.32 Å². The first-order valence-corrected chi connectivity index (χ1v) is 5.91. The Bertz CT molecular complexity index is 411. The van der Waals surface area contributed by atoms with Crippen molar-refractivity contribution in [1.82, 2.24) is 0 Å². The van der Waals surface area contributed by atoms with Gasteiger partial charge < -0.3 is 5.32 Å². The maximum absolute atomic E-state index is 8.98. The monoisotopic (exact) mass is 214 g/mol. The van der Waals surface area contributed by atoms with Crippen LogP contribution in [0.25, 0.3) is 0 Å². The van der Waals surface area contributed by atoms with E-state index in [0.29, 0.717) is 11.3 Å². The summed E-state index contributed by atoms with van der Waals surface area (Å²) in [4.78, 5) is 0. The van der Waals surface area contributed by atoms with E-state index >= 15 is 0 Å².